The normalized spacial score (nSPS) is 16.1. The van der Waals surface area contributed by atoms with Crippen molar-refractivity contribution < 1.29 is 0 Å². The third-order valence-corrected chi connectivity index (χ3v) is 4.49. The number of fused-ring (bicyclic) bond motifs is 1. The zero-order valence-corrected chi connectivity index (χ0v) is 12.8. The Kier molecular flexibility index (Phi) is 4.20. The average molecular weight is 300 g/mol. The van der Waals surface area contributed by atoms with Crippen LogP contribution in [0.3, 0.4) is 0 Å². The minimum atomic E-state index is 0.562. The van der Waals surface area contributed by atoms with E-state index in [1.807, 2.05) is 18.3 Å². The lowest BCUT2D eigenvalue weighted by Crippen LogP contribution is -2.43. The van der Waals surface area contributed by atoms with Crippen LogP contribution in [0.2, 0.25) is 0 Å². The minimum Gasteiger partial charge on any atom is -0.360 e. The number of aromatic nitrogens is 2. The SMILES string of the molecule is C=CCNC(=S)N1CCC(c2c[nH]c3cccnc23)CC1. The maximum Gasteiger partial charge on any atom is 0.169 e. The van der Waals surface area contributed by atoms with Crippen LogP contribution in [0.4, 0.5) is 0 Å². The number of H-pyrrole nitrogens is 1. The molecule has 110 valence electrons. The zero-order valence-electron chi connectivity index (χ0n) is 12.0. The summed E-state index contributed by atoms with van der Waals surface area (Å²) >= 11 is 5.40. The maximum absolute atomic E-state index is 5.40. The Morgan fingerprint density at radius 1 is 1.52 bits per heavy atom. The largest absolute Gasteiger partial charge is 0.360 e. The van der Waals surface area contributed by atoms with Crippen molar-refractivity contribution in [2.75, 3.05) is 19.6 Å². The van der Waals surface area contributed by atoms with Gasteiger partial charge in [0.1, 0.15) is 0 Å². The van der Waals surface area contributed by atoms with Crippen molar-refractivity contribution in [2.24, 2.45) is 0 Å². The fraction of sp³-hybridized carbons (Fsp3) is 0.375. The van der Waals surface area contributed by atoms with Gasteiger partial charge in [-0.25, -0.2) is 0 Å². The molecule has 0 bridgehead atoms. The number of likely N-dealkylation sites (tertiary alicyclic amines) is 1. The lowest BCUT2D eigenvalue weighted by atomic mass is 9.90. The van der Waals surface area contributed by atoms with Crippen molar-refractivity contribution in [1.82, 2.24) is 20.2 Å². The van der Waals surface area contributed by atoms with E-state index in [4.69, 9.17) is 12.2 Å². The Bertz CT molecular complexity index is 641. The summed E-state index contributed by atoms with van der Waals surface area (Å²) in [4.78, 5) is 10.1. The number of nitrogens with zero attached hydrogens (tertiary/aromatic N) is 2. The first-order chi connectivity index (χ1) is 10.3. The van der Waals surface area contributed by atoms with Crippen LogP contribution < -0.4 is 5.32 Å². The molecule has 0 unspecified atom stereocenters. The molecule has 0 spiro atoms. The minimum absolute atomic E-state index is 0.562. The van der Waals surface area contributed by atoms with Gasteiger partial charge in [-0.3, -0.25) is 4.98 Å². The Hall–Kier alpha value is -1.88. The second-order valence-corrected chi connectivity index (χ2v) is 5.77. The highest BCUT2D eigenvalue weighted by Crippen LogP contribution is 2.32. The summed E-state index contributed by atoms with van der Waals surface area (Å²) in [5.74, 6) is 0.562. The van der Waals surface area contributed by atoms with Gasteiger partial charge in [-0.2, -0.15) is 0 Å². The van der Waals surface area contributed by atoms with Gasteiger partial charge in [0.2, 0.25) is 0 Å². The second kappa shape index (κ2) is 6.26. The van der Waals surface area contributed by atoms with Gasteiger partial charge in [-0.1, -0.05) is 6.08 Å². The lowest BCUT2D eigenvalue weighted by Gasteiger charge is -2.33. The third kappa shape index (κ3) is 2.93. The first-order valence-electron chi connectivity index (χ1n) is 7.35. The molecule has 4 nitrogen and oxygen atoms in total. The molecule has 3 heterocycles. The van der Waals surface area contributed by atoms with Gasteiger partial charge in [0, 0.05) is 32.0 Å². The topological polar surface area (TPSA) is 44.0 Å². The molecule has 1 saturated heterocycles. The average Bonchev–Trinajstić information content (AvgIpc) is 2.97. The first kappa shape index (κ1) is 14.1. The molecule has 21 heavy (non-hydrogen) atoms. The molecule has 2 N–H and O–H groups in total. The van der Waals surface area contributed by atoms with Crippen LogP contribution in [0.25, 0.3) is 11.0 Å². The van der Waals surface area contributed by atoms with Crippen LogP contribution >= 0.6 is 12.2 Å². The van der Waals surface area contributed by atoms with Crippen molar-refractivity contribution in [3.63, 3.8) is 0 Å². The molecule has 0 amide bonds. The zero-order chi connectivity index (χ0) is 14.7. The van der Waals surface area contributed by atoms with Crippen LogP contribution in [0.1, 0.15) is 24.3 Å². The Morgan fingerprint density at radius 2 is 2.33 bits per heavy atom. The van der Waals surface area contributed by atoms with Gasteiger partial charge in [-0.05, 0) is 48.7 Å². The number of nitrogens with one attached hydrogen (secondary N) is 2. The van der Waals surface area contributed by atoms with Gasteiger partial charge < -0.3 is 15.2 Å². The molecule has 1 aliphatic heterocycles. The highest BCUT2D eigenvalue weighted by molar-refractivity contribution is 7.80. The molecule has 3 rings (SSSR count). The van der Waals surface area contributed by atoms with E-state index in [1.165, 1.54) is 5.56 Å². The Balaban J connectivity index is 1.66. The van der Waals surface area contributed by atoms with Crippen LogP contribution in [0, 0.1) is 0 Å². The van der Waals surface area contributed by atoms with E-state index in [1.54, 1.807) is 0 Å². The van der Waals surface area contributed by atoms with Crippen LogP contribution in [0.15, 0.2) is 37.2 Å². The van der Waals surface area contributed by atoms with E-state index in [0.717, 1.165) is 48.6 Å². The molecule has 2 aromatic rings. The molecular weight excluding hydrogens is 280 g/mol. The molecule has 2 aromatic heterocycles. The molecule has 1 fully saturated rings. The predicted octanol–water partition coefficient (Wildman–Crippen LogP) is 2.80. The summed E-state index contributed by atoms with van der Waals surface area (Å²) in [7, 11) is 0. The molecule has 0 aliphatic carbocycles. The molecule has 0 saturated carbocycles. The Morgan fingerprint density at radius 3 is 3.10 bits per heavy atom. The third-order valence-electron chi connectivity index (χ3n) is 4.08. The van der Waals surface area contributed by atoms with Crippen molar-refractivity contribution in [2.45, 2.75) is 18.8 Å². The molecular formula is C16H20N4S. The fourth-order valence-electron chi connectivity index (χ4n) is 2.95. The van der Waals surface area contributed by atoms with Gasteiger partial charge in [0.15, 0.2) is 5.11 Å². The molecule has 0 aromatic carbocycles. The van der Waals surface area contributed by atoms with E-state index >= 15 is 0 Å². The van der Waals surface area contributed by atoms with Gasteiger partial charge in [0.25, 0.3) is 0 Å². The predicted molar refractivity (Wildman–Crippen MR) is 90.4 cm³/mol. The number of rotatable bonds is 3. The van der Waals surface area contributed by atoms with E-state index < -0.39 is 0 Å². The van der Waals surface area contributed by atoms with Crippen molar-refractivity contribution >= 4 is 28.4 Å². The monoisotopic (exact) mass is 300 g/mol. The van der Waals surface area contributed by atoms with Crippen molar-refractivity contribution in [3.05, 3.63) is 42.7 Å². The number of thiocarbonyl (C=S) groups is 1. The highest BCUT2D eigenvalue weighted by Gasteiger charge is 2.24. The summed E-state index contributed by atoms with van der Waals surface area (Å²) in [5, 5.41) is 4.04. The van der Waals surface area contributed by atoms with Gasteiger partial charge >= 0.3 is 0 Å². The molecule has 5 heteroatoms. The smallest absolute Gasteiger partial charge is 0.169 e. The quantitative estimate of drug-likeness (QED) is 0.676. The van der Waals surface area contributed by atoms with Crippen LogP contribution in [-0.4, -0.2) is 39.6 Å². The number of pyridine rings is 1. The fourth-order valence-corrected chi connectivity index (χ4v) is 3.22. The van der Waals surface area contributed by atoms with E-state index in [0.29, 0.717) is 5.92 Å². The number of hydrogen-bond donors (Lipinski definition) is 2. The van der Waals surface area contributed by atoms with Crippen molar-refractivity contribution in [1.29, 1.82) is 0 Å². The maximum atomic E-state index is 5.40. The summed E-state index contributed by atoms with van der Waals surface area (Å²) in [5.41, 5.74) is 3.58. The lowest BCUT2D eigenvalue weighted by molar-refractivity contribution is 0.311. The standard InChI is InChI=1S/C16H20N4S/c1-2-7-18-16(21)20-9-5-12(6-10-20)13-11-19-14-4-3-8-17-15(13)14/h2-4,8,11-12,19H,1,5-7,9-10H2,(H,18,21). The number of hydrogen-bond acceptors (Lipinski definition) is 2. The second-order valence-electron chi connectivity index (χ2n) is 5.38. The first-order valence-corrected chi connectivity index (χ1v) is 7.76. The van der Waals surface area contributed by atoms with E-state index in [9.17, 15) is 0 Å². The molecule has 1 aliphatic rings. The summed E-state index contributed by atoms with van der Waals surface area (Å²) in [6.07, 6.45) is 8.03. The summed E-state index contributed by atoms with van der Waals surface area (Å²) < 4.78 is 0. The van der Waals surface area contributed by atoms with E-state index in [-0.39, 0.29) is 0 Å². The summed E-state index contributed by atoms with van der Waals surface area (Å²) in [6.45, 7) is 6.42. The van der Waals surface area contributed by atoms with E-state index in [2.05, 4.69) is 39.0 Å². The molecule has 0 atom stereocenters. The summed E-state index contributed by atoms with van der Waals surface area (Å²) in [6, 6.07) is 4.05. The van der Waals surface area contributed by atoms with Gasteiger partial charge in [-0.15, -0.1) is 6.58 Å². The van der Waals surface area contributed by atoms with Crippen molar-refractivity contribution in [3.8, 4) is 0 Å². The number of piperidine rings is 1. The highest BCUT2D eigenvalue weighted by atomic mass is 32.1. The van der Waals surface area contributed by atoms with Crippen LogP contribution in [0.5, 0.6) is 0 Å². The number of aromatic amines is 1. The van der Waals surface area contributed by atoms with Crippen LogP contribution in [-0.2, 0) is 0 Å². The Labute approximate surface area is 130 Å². The molecule has 0 radical (unpaired) electrons. The van der Waals surface area contributed by atoms with Gasteiger partial charge in [0.05, 0.1) is 11.0 Å².